The molecule has 172 valence electrons. The van der Waals surface area contributed by atoms with Gasteiger partial charge in [-0.15, -0.1) is 0 Å². The van der Waals surface area contributed by atoms with Crippen LogP contribution >= 0.6 is 12.2 Å². The minimum atomic E-state index is -0.0460. The monoisotopic (exact) mass is 453 g/mol. The van der Waals surface area contributed by atoms with Crippen LogP contribution in [0.15, 0.2) is 68.6 Å². The van der Waals surface area contributed by atoms with Crippen LogP contribution in [0.3, 0.4) is 0 Å². The van der Waals surface area contributed by atoms with Gasteiger partial charge in [0, 0.05) is 50.8 Å². The lowest BCUT2D eigenvalue weighted by molar-refractivity contribution is -0.123. The Morgan fingerprint density at radius 1 is 0.844 bits per heavy atom. The third-order valence-corrected chi connectivity index (χ3v) is 7.22. The molecule has 0 aromatic heterocycles. The molecule has 0 radical (unpaired) electrons. The van der Waals surface area contributed by atoms with Crippen molar-refractivity contribution in [3.8, 4) is 0 Å². The van der Waals surface area contributed by atoms with Crippen molar-refractivity contribution in [2.75, 3.05) is 21.1 Å². The second-order valence-electron chi connectivity index (χ2n) is 8.50. The molecule has 5 nitrogen and oxygen atoms in total. The van der Waals surface area contributed by atoms with Crippen LogP contribution in [0.2, 0.25) is 0 Å². The highest BCUT2D eigenvalue weighted by Crippen LogP contribution is 2.37. The van der Waals surface area contributed by atoms with Gasteiger partial charge < -0.3 is 15.1 Å². The molecule has 0 aromatic carbocycles. The Bertz CT molecular complexity index is 1050. The van der Waals surface area contributed by atoms with Gasteiger partial charge in [-0.25, -0.2) is 0 Å². The number of thiocarbonyl (C=S) groups is 1. The molecule has 2 aliphatic heterocycles. The highest BCUT2D eigenvalue weighted by molar-refractivity contribution is 7.80. The number of amides is 2. The summed E-state index contributed by atoms with van der Waals surface area (Å²) in [6, 6.07) is 0. The van der Waals surface area contributed by atoms with E-state index in [1.54, 1.807) is 11.9 Å². The summed E-state index contributed by atoms with van der Waals surface area (Å²) in [7, 11) is 5.39. The number of carbonyl (C=O) groups is 2. The molecule has 2 saturated heterocycles. The Kier molecular flexibility index (Phi) is 8.18. The number of likely N-dealkylation sites (N-methyl/N-ethyl adjacent to an activating group) is 2. The Hall–Kier alpha value is -2.73. The van der Waals surface area contributed by atoms with E-state index in [1.807, 2.05) is 47.1 Å². The SMILES string of the molecule is CNC=CC=C(C)/C(C)=C(C)/C(C)=C1/CC(=C(C)/C(C)=C2/CC(=S)N(C)C2=O)N(C)C1=O. The molecule has 2 fully saturated rings. The average Bonchev–Trinajstić information content (AvgIpc) is 3.21. The van der Waals surface area contributed by atoms with Crippen molar-refractivity contribution >= 4 is 29.0 Å². The first-order chi connectivity index (χ1) is 14.9. The summed E-state index contributed by atoms with van der Waals surface area (Å²) < 4.78 is 0. The normalized spacial score (nSPS) is 23.4. The topological polar surface area (TPSA) is 52.7 Å². The van der Waals surface area contributed by atoms with Crippen LogP contribution in [0.1, 0.15) is 54.4 Å². The van der Waals surface area contributed by atoms with E-state index in [-0.39, 0.29) is 11.8 Å². The van der Waals surface area contributed by atoms with Gasteiger partial charge in [-0.2, -0.15) is 0 Å². The quantitative estimate of drug-likeness (QED) is 0.363. The molecule has 2 aliphatic rings. The van der Waals surface area contributed by atoms with Gasteiger partial charge in [0.1, 0.15) is 0 Å². The Morgan fingerprint density at radius 2 is 1.41 bits per heavy atom. The van der Waals surface area contributed by atoms with Gasteiger partial charge in [-0.1, -0.05) is 18.3 Å². The fourth-order valence-corrected chi connectivity index (χ4v) is 4.20. The fourth-order valence-electron chi connectivity index (χ4n) is 3.98. The molecule has 2 heterocycles. The van der Waals surface area contributed by atoms with E-state index in [2.05, 4.69) is 32.2 Å². The lowest BCUT2D eigenvalue weighted by Crippen LogP contribution is -2.23. The van der Waals surface area contributed by atoms with E-state index >= 15 is 0 Å². The summed E-state index contributed by atoms with van der Waals surface area (Å²) in [5.41, 5.74) is 8.78. The van der Waals surface area contributed by atoms with Crippen LogP contribution in [0.4, 0.5) is 0 Å². The number of hydrogen-bond acceptors (Lipinski definition) is 4. The molecule has 6 heteroatoms. The maximum atomic E-state index is 13.1. The number of allylic oxidation sites excluding steroid dienone is 9. The molecular weight excluding hydrogens is 418 g/mol. The molecule has 1 N–H and O–H groups in total. The third kappa shape index (κ3) is 4.85. The number of rotatable bonds is 5. The smallest absolute Gasteiger partial charge is 0.255 e. The zero-order valence-electron chi connectivity index (χ0n) is 20.8. The van der Waals surface area contributed by atoms with Crippen LogP contribution in [0.25, 0.3) is 0 Å². The number of likely N-dealkylation sites (tertiary alicyclic amines) is 2. The predicted molar refractivity (Wildman–Crippen MR) is 136 cm³/mol. The van der Waals surface area contributed by atoms with Gasteiger partial charge in [-0.3, -0.25) is 9.59 Å². The molecule has 0 bridgehead atoms. The van der Waals surface area contributed by atoms with Crippen molar-refractivity contribution in [1.82, 2.24) is 15.1 Å². The first-order valence-corrected chi connectivity index (χ1v) is 11.2. The van der Waals surface area contributed by atoms with E-state index in [1.165, 1.54) is 4.90 Å². The lowest BCUT2D eigenvalue weighted by Gasteiger charge is -2.16. The van der Waals surface area contributed by atoms with E-state index < -0.39 is 0 Å². The molecule has 0 unspecified atom stereocenters. The van der Waals surface area contributed by atoms with Gasteiger partial charge in [0.05, 0.1) is 4.99 Å². The zero-order valence-corrected chi connectivity index (χ0v) is 21.6. The van der Waals surface area contributed by atoms with Gasteiger partial charge in [0.25, 0.3) is 11.8 Å². The summed E-state index contributed by atoms with van der Waals surface area (Å²) >= 11 is 5.30. The van der Waals surface area contributed by atoms with Crippen LogP contribution in [0.5, 0.6) is 0 Å². The van der Waals surface area contributed by atoms with Crippen molar-refractivity contribution in [2.45, 2.75) is 54.4 Å². The first kappa shape index (κ1) is 25.5. The van der Waals surface area contributed by atoms with Crippen molar-refractivity contribution in [2.24, 2.45) is 0 Å². The number of hydrogen-bond donors (Lipinski definition) is 1. The van der Waals surface area contributed by atoms with E-state index in [0.29, 0.717) is 17.8 Å². The van der Waals surface area contributed by atoms with Crippen LogP contribution in [-0.2, 0) is 9.59 Å². The van der Waals surface area contributed by atoms with Crippen molar-refractivity contribution in [3.05, 3.63) is 68.6 Å². The van der Waals surface area contributed by atoms with E-state index in [4.69, 9.17) is 12.2 Å². The highest BCUT2D eigenvalue weighted by atomic mass is 32.1. The zero-order chi connectivity index (χ0) is 24.3. The van der Waals surface area contributed by atoms with Gasteiger partial charge in [0.15, 0.2) is 0 Å². The van der Waals surface area contributed by atoms with Crippen molar-refractivity contribution < 1.29 is 9.59 Å². The number of carbonyl (C=O) groups excluding carboxylic acids is 2. The van der Waals surface area contributed by atoms with Crippen LogP contribution < -0.4 is 5.32 Å². The number of nitrogens with zero attached hydrogens (tertiary/aromatic N) is 2. The lowest BCUT2D eigenvalue weighted by atomic mass is 9.93. The molecule has 0 spiro atoms. The molecule has 32 heavy (non-hydrogen) atoms. The maximum Gasteiger partial charge on any atom is 0.255 e. The standard InChI is InChI=1S/C26H35N3O2S/c1-15(11-10-12-27-7)16(2)17(3)18(4)21-13-23(28(8)25(21)30)20(6)19(5)22-14-24(32)29(9)26(22)31/h10-12,27H,13-14H2,1-9H3/b12-10?,15-11?,17-16+,21-18-,22-19-,23-20?. The van der Waals surface area contributed by atoms with Crippen LogP contribution in [-0.4, -0.2) is 47.7 Å². The Labute approximate surface area is 197 Å². The third-order valence-electron chi connectivity index (χ3n) is 6.80. The van der Waals surface area contributed by atoms with Crippen LogP contribution in [0, 0.1) is 0 Å². The Morgan fingerprint density at radius 3 is 1.94 bits per heavy atom. The summed E-state index contributed by atoms with van der Waals surface area (Å²) in [4.78, 5) is 29.6. The summed E-state index contributed by atoms with van der Waals surface area (Å²) in [6.07, 6.45) is 6.94. The van der Waals surface area contributed by atoms with E-state index in [0.717, 1.165) is 50.3 Å². The molecule has 2 rings (SSSR count). The second-order valence-corrected chi connectivity index (χ2v) is 8.97. The maximum absolute atomic E-state index is 13.1. The second kappa shape index (κ2) is 10.3. The Balaban J connectivity index is 2.49. The largest absolute Gasteiger partial charge is 0.394 e. The van der Waals surface area contributed by atoms with Gasteiger partial charge in [-0.05, 0) is 87.3 Å². The minimum Gasteiger partial charge on any atom is -0.394 e. The molecule has 0 saturated carbocycles. The molecule has 2 amide bonds. The first-order valence-electron chi connectivity index (χ1n) is 10.8. The summed E-state index contributed by atoms with van der Waals surface area (Å²) in [5, 5.41) is 2.98. The fraction of sp³-hybridized carbons (Fsp3) is 0.423. The highest BCUT2D eigenvalue weighted by Gasteiger charge is 2.34. The molecule has 0 atom stereocenters. The van der Waals surface area contributed by atoms with Crippen molar-refractivity contribution in [1.29, 1.82) is 0 Å². The predicted octanol–water partition coefficient (Wildman–Crippen LogP) is 4.96. The summed E-state index contributed by atoms with van der Waals surface area (Å²) in [6.45, 7) is 12.2. The average molecular weight is 454 g/mol. The molecule has 0 aliphatic carbocycles. The van der Waals surface area contributed by atoms with Gasteiger partial charge in [0.2, 0.25) is 0 Å². The van der Waals surface area contributed by atoms with E-state index in [9.17, 15) is 9.59 Å². The summed E-state index contributed by atoms with van der Waals surface area (Å²) in [5.74, 6) is -0.0285. The van der Waals surface area contributed by atoms with Crippen molar-refractivity contribution in [3.63, 3.8) is 0 Å². The number of nitrogens with one attached hydrogen (secondary N) is 1. The minimum absolute atomic E-state index is 0.0175. The van der Waals surface area contributed by atoms with Gasteiger partial charge >= 0.3 is 0 Å². The molecule has 0 aromatic rings. The molecular formula is C26H35N3O2S.